The van der Waals surface area contributed by atoms with Crippen molar-refractivity contribution in [2.24, 2.45) is 11.8 Å². The minimum absolute atomic E-state index is 0.0582. The third kappa shape index (κ3) is 6.53. The lowest BCUT2D eigenvalue weighted by molar-refractivity contribution is -0.142. The second kappa shape index (κ2) is 13.4. The molecule has 56 heavy (non-hydrogen) atoms. The first-order valence-electron chi connectivity index (χ1n) is 17.4. The molecule has 0 bridgehead atoms. The van der Waals surface area contributed by atoms with Crippen LogP contribution in [0.4, 0.5) is 30.7 Å². The van der Waals surface area contributed by atoms with Crippen LogP contribution in [0.3, 0.4) is 0 Å². The van der Waals surface area contributed by atoms with Crippen molar-refractivity contribution in [3.05, 3.63) is 141 Å². The van der Waals surface area contributed by atoms with Gasteiger partial charge in [0.2, 0.25) is 5.91 Å². The monoisotopic (exact) mass is 768 g/mol. The molecular formula is C41H27F7N6O2. The highest BCUT2D eigenvalue weighted by molar-refractivity contribution is 5.99. The molecule has 1 aliphatic heterocycles. The first-order chi connectivity index (χ1) is 26.6. The maximum atomic E-state index is 15.6. The summed E-state index contributed by atoms with van der Waals surface area (Å²) in [5.74, 6) is -4.14. The van der Waals surface area contributed by atoms with Crippen molar-refractivity contribution in [3.8, 4) is 29.0 Å². The number of rotatable bonds is 7. The number of hydrogen-bond acceptors (Lipinski definition) is 5. The van der Waals surface area contributed by atoms with Gasteiger partial charge in [-0.15, -0.1) is 0 Å². The van der Waals surface area contributed by atoms with Crippen LogP contribution in [0.1, 0.15) is 79.8 Å². The molecule has 3 heterocycles. The molecule has 0 saturated heterocycles. The van der Waals surface area contributed by atoms with Gasteiger partial charge in [0.25, 0.3) is 11.8 Å². The van der Waals surface area contributed by atoms with Crippen LogP contribution in [0, 0.1) is 46.6 Å². The number of amides is 2. The highest BCUT2D eigenvalue weighted by Gasteiger charge is 2.72. The van der Waals surface area contributed by atoms with Crippen molar-refractivity contribution < 1.29 is 40.3 Å². The molecule has 0 unspecified atom stereocenters. The van der Waals surface area contributed by atoms with Gasteiger partial charge >= 0.3 is 6.18 Å². The number of nitriles is 1. The van der Waals surface area contributed by atoms with E-state index in [0.717, 1.165) is 17.7 Å². The Morgan fingerprint density at radius 1 is 1.00 bits per heavy atom. The number of pyridine rings is 1. The molecule has 2 N–H and O–H groups in total. The molecule has 0 radical (unpaired) electrons. The van der Waals surface area contributed by atoms with E-state index in [-0.39, 0.29) is 29.3 Å². The van der Waals surface area contributed by atoms with Crippen molar-refractivity contribution in [2.45, 2.75) is 50.5 Å². The number of hydrogen-bond donors (Lipinski definition) is 2. The Labute approximate surface area is 314 Å². The van der Waals surface area contributed by atoms with Crippen LogP contribution in [-0.4, -0.2) is 26.6 Å². The molecule has 0 spiro atoms. The number of aromatic nitrogens is 3. The topological polar surface area (TPSA) is 113 Å². The summed E-state index contributed by atoms with van der Waals surface area (Å²) in [7, 11) is 0. The van der Waals surface area contributed by atoms with Crippen LogP contribution < -0.4 is 10.6 Å². The van der Waals surface area contributed by atoms with Crippen LogP contribution in [0.25, 0.3) is 11.1 Å². The standard InChI is InChI=1S/C41H27F7N6O2/c1-20-33-34-37(41(46,47)48)53-54(38(34)40(44,45)35(20)33)19-32(55)52-31(14-23-12-26(42)16-27(43)13-23)36-29(24-7-8-25-18-50-39(56)30(25)15-24)11-10-28(51-36)9-6-21-2-4-22(17-49)5-3-21/h2-5,7-8,10-13,15-16,20,31,33,35H,14,18-19H2,1H3,(H,50,56)(H,52,55)/t20-,31+,33-,35-/m1/s1. The minimum atomic E-state index is -5.06. The molecule has 4 atom stereocenters. The Morgan fingerprint density at radius 2 is 1.71 bits per heavy atom. The molecule has 5 aromatic rings. The van der Waals surface area contributed by atoms with Crippen molar-refractivity contribution in [1.82, 2.24) is 25.4 Å². The van der Waals surface area contributed by atoms with E-state index < -0.39 is 76.9 Å². The van der Waals surface area contributed by atoms with Gasteiger partial charge in [-0.1, -0.05) is 25.0 Å². The predicted molar refractivity (Wildman–Crippen MR) is 185 cm³/mol. The Balaban J connectivity index is 1.22. The number of benzene rings is 3. The molecule has 282 valence electrons. The maximum absolute atomic E-state index is 15.6. The van der Waals surface area contributed by atoms with E-state index in [1.165, 1.54) is 6.92 Å². The van der Waals surface area contributed by atoms with Crippen LogP contribution in [0.15, 0.2) is 72.8 Å². The summed E-state index contributed by atoms with van der Waals surface area (Å²) in [4.78, 5) is 31.2. The van der Waals surface area contributed by atoms with Crippen LogP contribution in [0.5, 0.6) is 0 Å². The summed E-state index contributed by atoms with van der Waals surface area (Å²) in [5, 5.41) is 18.0. The highest BCUT2D eigenvalue weighted by atomic mass is 19.4. The normalized spacial score (nSPS) is 19.1. The summed E-state index contributed by atoms with van der Waals surface area (Å²) >= 11 is 0. The van der Waals surface area contributed by atoms with Crippen molar-refractivity contribution in [3.63, 3.8) is 0 Å². The molecule has 2 amide bonds. The fourth-order valence-corrected chi connectivity index (χ4v) is 7.84. The average molecular weight is 769 g/mol. The number of halogens is 7. The molecule has 8 nitrogen and oxygen atoms in total. The lowest BCUT2D eigenvalue weighted by Crippen LogP contribution is -2.35. The number of fused-ring (bicyclic) bond motifs is 4. The fraction of sp³-hybridized carbons (Fsp3) is 0.244. The third-order valence-electron chi connectivity index (χ3n) is 10.4. The van der Waals surface area contributed by atoms with Crippen LogP contribution >= 0.6 is 0 Å². The third-order valence-corrected chi connectivity index (χ3v) is 10.4. The number of carbonyl (C=O) groups excluding carboxylic acids is 2. The van der Waals surface area contributed by atoms with Gasteiger partial charge in [0.15, 0.2) is 5.69 Å². The first-order valence-corrected chi connectivity index (χ1v) is 17.4. The summed E-state index contributed by atoms with van der Waals surface area (Å²) in [6.45, 7) is 0.708. The molecule has 2 aliphatic carbocycles. The van der Waals surface area contributed by atoms with Gasteiger partial charge in [-0.3, -0.25) is 14.3 Å². The van der Waals surface area contributed by atoms with Crippen molar-refractivity contribution in [1.29, 1.82) is 5.26 Å². The second-order valence-electron chi connectivity index (χ2n) is 14.0. The number of alkyl halides is 5. The van der Waals surface area contributed by atoms with Gasteiger partial charge < -0.3 is 10.6 Å². The predicted octanol–water partition coefficient (Wildman–Crippen LogP) is 7.31. The Hall–Kier alpha value is -6.48. The SMILES string of the molecule is C[C@@H]1[C@@H]2c3c(C(F)(F)F)nn(CC(=O)N[C@@H](Cc4cc(F)cc(F)c4)c4nc(C#Cc5ccc(C#N)cc5)ccc4-c4ccc5c(c4)C(=O)NC5)c3C(F)(F)[C@H]12. The largest absolute Gasteiger partial charge is 0.435 e. The fourth-order valence-electron chi connectivity index (χ4n) is 7.84. The Kier molecular flexibility index (Phi) is 8.71. The molecule has 2 aromatic heterocycles. The van der Waals surface area contributed by atoms with E-state index in [1.807, 2.05) is 6.07 Å². The molecular weight excluding hydrogens is 741 g/mol. The molecule has 1 saturated carbocycles. The molecule has 15 heteroatoms. The smallest absolute Gasteiger partial charge is 0.348 e. The maximum Gasteiger partial charge on any atom is 0.435 e. The van der Waals surface area contributed by atoms with Gasteiger partial charge in [-0.05, 0) is 89.5 Å². The summed E-state index contributed by atoms with van der Waals surface area (Å²) in [5.41, 5.74) is 0.162. The Bertz CT molecular complexity index is 2540. The second-order valence-corrected chi connectivity index (χ2v) is 14.0. The highest BCUT2D eigenvalue weighted by Crippen LogP contribution is 2.71. The van der Waals surface area contributed by atoms with E-state index in [1.54, 1.807) is 54.6 Å². The van der Waals surface area contributed by atoms with E-state index in [2.05, 4.69) is 27.6 Å². The van der Waals surface area contributed by atoms with E-state index in [4.69, 9.17) is 10.2 Å². The molecule has 3 aliphatic rings. The van der Waals surface area contributed by atoms with Gasteiger partial charge in [0, 0.05) is 46.7 Å². The van der Waals surface area contributed by atoms with E-state index in [0.29, 0.717) is 45.1 Å². The van der Waals surface area contributed by atoms with Crippen molar-refractivity contribution >= 4 is 11.8 Å². The van der Waals surface area contributed by atoms with Gasteiger partial charge in [0.05, 0.1) is 23.4 Å². The van der Waals surface area contributed by atoms with E-state index >= 15 is 8.78 Å². The van der Waals surface area contributed by atoms with Crippen molar-refractivity contribution in [2.75, 3.05) is 0 Å². The minimum Gasteiger partial charge on any atom is -0.348 e. The van der Waals surface area contributed by atoms with Gasteiger partial charge in [-0.25, -0.2) is 13.8 Å². The molecule has 8 rings (SSSR count). The first kappa shape index (κ1) is 36.5. The molecule has 1 fully saturated rings. The van der Waals surface area contributed by atoms with Gasteiger partial charge in [-0.2, -0.15) is 32.3 Å². The molecule has 3 aromatic carbocycles. The lowest BCUT2D eigenvalue weighted by atomic mass is 9.93. The summed E-state index contributed by atoms with van der Waals surface area (Å²) in [6, 6.07) is 18.1. The number of carbonyl (C=O) groups is 2. The van der Waals surface area contributed by atoms with Gasteiger partial charge in [0.1, 0.15) is 29.6 Å². The zero-order chi connectivity index (χ0) is 39.7. The quantitative estimate of drug-likeness (QED) is 0.133. The zero-order valence-corrected chi connectivity index (χ0v) is 29.1. The summed E-state index contributed by atoms with van der Waals surface area (Å²) in [6.07, 6.45) is -5.38. The summed E-state index contributed by atoms with van der Waals surface area (Å²) < 4.78 is 103. The number of nitrogens with zero attached hydrogens (tertiary/aromatic N) is 4. The lowest BCUT2D eigenvalue weighted by Gasteiger charge is -2.23. The van der Waals surface area contributed by atoms with E-state index in [9.17, 15) is 31.5 Å². The van der Waals surface area contributed by atoms with Crippen LogP contribution in [-0.2, 0) is 36.4 Å². The Morgan fingerprint density at radius 3 is 2.41 bits per heavy atom. The number of nitrogens with one attached hydrogen (secondary N) is 2. The van der Waals surface area contributed by atoms with Crippen LogP contribution in [0.2, 0.25) is 0 Å². The average Bonchev–Trinajstić information content (AvgIpc) is 3.37. The zero-order valence-electron chi connectivity index (χ0n) is 29.1.